The maximum atomic E-state index is 12.3. The molecule has 2 atom stereocenters. The van der Waals surface area contributed by atoms with E-state index in [-0.39, 0.29) is 12.5 Å². The van der Waals surface area contributed by atoms with E-state index in [1.807, 2.05) is 18.2 Å². The SMILES string of the molecule is CCCCCCCCCCCCc1ccccc1C(SCCNS(=O)[O-])C(=O)OC. The fraction of sp³-hybridized carbons (Fsp3) is 0.696. The lowest BCUT2D eigenvalue weighted by Crippen LogP contribution is -2.21. The van der Waals surface area contributed by atoms with E-state index in [0.717, 1.165) is 18.4 Å². The second-order valence-corrected chi connectivity index (χ2v) is 9.50. The highest BCUT2D eigenvalue weighted by molar-refractivity contribution is 8.00. The molecule has 0 spiro atoms. The van der Waals surface area contributed by atoms with Gasteiger partial charge in [-0.2, -0.15) is 0 Å². The second kappa shape index (κ2) is 17.8. The van der Waals surface area contributed by atoms with Crippen LogP contribution in [0, 0.1) is 0 Å². The molecule has 2 unspecified atom stereocenters. The summed E-state index contributed by atoms with van der Waals surface area (Å²) in [6, 6.07) is 8.03. The average Bonchev–Trinajstić information content (AvgIpc) is 2.75. The first kappa shape index (κ1) is 27.1. The monoisotopic (exact) mass is 456 g/mol. The number of ether oxygens (including phenoxy) is 1. The van der Waals surface area contributed by atoms with Crippen molar-refractivity contribution in [3.8, 4) is 0 Å². The highest BCUT2D eigenvalue weighted by Gasteiger charge is 2.24. The molecule has 30 heavy (non-hydrogen) atoms. The predicted molar refractivity (Wildman–Crippen MR) is 126 cm³/mol. The van der Waals surface area contributed by atoms with Crippen LogP contribution < -0.4 is 4.72 Å². The number of aryl methyl sites for hydroxylation is 1. The van der Waals surface area contributed by atoms with Crippen LogP contribution in [0.2, 0.25) is 0 Å². The van der Waals surface area contributed by atoms with Crippen molar-refractivity contribution in [2.24, 2.45) is 0 Å². The molecule has 0 saturated carbocycles. The minimum absolute atomic E-state index is 0.287. The Morgan fingerprint density at radius 2 is 1.67 bits per heavy atom. The van der Waals surface area contributed by atoms with Gasteiger partial charge in [0, 0.05) is 23.6 Å². The van der Waals surface area contributed by atoms with Crippen molar-refractivity contribution in [1.29, 1.82) is 0 Å². The molecule has 1 N–H and O–H groups in total. The predicted octanol–water partition coefficient (Wildman–Crippen LogP) is 5.48. The summed E-state index contributed by atoms with van der Waals surface area (Å²) >= 11 is -0.871. The van der Waals surface area contributed by atoms with Gasteiger partial charge in [0.2, 0.25) is 0 Å². The van der Waals surface area contributed by atoms with Gasteiger partial charge < -0.3 is 9.29 Å². The average molecular weight is 457 g/mol. The number of unbranched alkanes of at least 4 members (excludes halogenated alkanes) is 9. The molecule has 0 aliphatic heterocycles. The maximum Gasteiger partial charge on any atom is 0.323 e. The van der Waals surface area contributed by atoms with Crippen molar-refractivity contribution >= 4 is 29.0 Å². The number of hydrogen-bond donors (Lipinski definition) is 1. The summed E-state index contributed by atoms with van der Waals surface area (Å²) in [5, 5.41) is -0.434. The standard InChI is InChI=1S/C23H39NO4S2/c1-3-4-5-6-7-8-9-10-11-12-15-20-16-13-14-17-21(20)22(23(25)28-2)29-19-18-24-30(26)27/h13-14,16-17,22,24H,3-12,15,18-19H2,1-2H3,(H,26,27)/p-1. The Hall–Kier alpha value is -0.890. The first-order chi connectivity index (χ1) is 14.6. The quantitative estimate of drug-likeness (QED) is 0.180. The first-order valence-electron chi connectivity index (χ1n) is 11.2. The molecule has 172 valence electrons. The number of thioether (sulfide) groups is 1. The molecule has 0 bridgehead atoms. The fourth-order valence-corrected chi connectivity index (χ4v) is 5.01. The minimum atomic E-state index is -2.28. The van der Waals surface area contributed by atoms with Crippen molar-refractivity contribution in [2.45, 2.75) is 82.8 Å². The van der Waals surface area contributed by atoms with Gasteiger partial charge in [-0.25, -0.2) is 4.72 Å². The number of esters is 1. The van der Waals surface area contributed by atoms with Crippen molar-refractivity contribution in [3.05, 3.63) is 35.4 Å². The van der Waals surface area contributed by atoms with E-state index < -0.39 is 16.5 Å². The van der Waals surface area contributed by atoms with Crippen LogP contribution in [0.5, 0.6) is 0 Å². The molecule has 0 amide bonds. The molecule has 0 radical (unpaired) electrons. The Morgan fingerprint density at radius 1 is 1.07 bits per heavy atom. The van der Waals surface area contributed by atoms with Gasteiger partial charge in [-0.1, -0.05) is 89.0 Å². The van der Waals surface area contributed by atoms with Crippen LogP contribution in [-0.2, 0) is 27.2 Å². The third-order valence-corrected chi connectivity index (χ3v) is 6.82. The number of hydrogen-bond acceptors (Lipinski definition) is 5. The van der Waals surface area contributed by atoms with E-state index >= 15 is 0 Å². The van der Waals surface area contributed by atoms with Gasteiger partial charge in [0.1, 0.15) is 5.25 Å². The van der Waals surface area contributed by atoms with Crippen LogP contribution >= 0.6 is 11.8 Å². The van der Waals surface area contributed by atoms with Crippen LogP contribution in [-0.4, -0.2) is 34.1 Å². The summed E-state index contributed by atoms with van der Waals surface area (Å²) in [5.41, 5.74) is 2.16. The number of carbonyl (C=O) groups excluding carboxylic acids is 1. The van der Waals surface area contributed by atoms with Gasteiger partial charge >= 0.3 is 5.97 Å². The largest absolute Gasteiger partial charge is 0.760 e. The van der Waals surface area contributed by atoms with Gasteiger partial charge in [-0.05, 0) is 24.0 Å². The smallest absolute Gasteiger partial charge is 0.323 e. The first-order valence-corrected chi connectivity index (χ1v) is 13.3. The summed E-state index contributed by atoms with van der Waals surface area (Å²) in [6.07, 6.45) is 13.9. The van der Waals surface area contributed by atoms with E-state index in [4.69, 9.17) is 4.74 Å². The number of methoxy groups -OCH3 is 1. The highest BCUT2D eigenvalue weighted by Crippen LogP contribution is 2.33. The van der Waals surface area contributed by atoms with Crippen molar-refractivity contribution in [3.63, 3.8) is 0 Å². The third-order valence-electron chi connectivity index (χ3n) is 5.16. The molecule has 0 saturated heterocycles. The lowest BCUT2D eigenvalue weighted by atomic mass is 9.98. The Bertz CT molecular complexity index is 613. The van der Waals surface area contributed by atoms with E-state index in [1.165, 1.54) is 82.2 Å². The van der Waals surface area contributed by atoms with Gasteiger partial charge in [0.05, 0.1) is 7.11 Å². The summed E-state index contributed by atoms with van der Waals surface area (Å²) < 4.78 is 28.6. The number of carbonyl (C=O) groups is 1. The number of benzene rings is 1. The number of rotatable bonds is 18. The van der Waals surface area contributed by atoms with Crippen LogP contribution in [0.15, 0.2) is 24.3 Å². The molecule has 0 fully saturated rings. The molecule has 1 aromatic carbocycles. The second-order valence-electron chi connectivity index (χ2n) is 7.53. The normalized spacial score (nSPS) is 13.2. The summed E-state index contributed by atoms with van der Waals surface area (Å²) in [7, 11) is 1.39. The highest BCUT2D eigenvalue weighted by atomic mass is 32.2. The molecular formula is C23H38NO4S2-. The molecule has 1 aromatic rings. The van der Waals surface area contributed by atoms with Crippen molar-refractivity contribution in [2.75, 3.05) is 19.4 Å². The zero-order chi connectivity index (χ0) is 22.0. The van der Waals surface area contributed by atoms with Crippen molar-refractivity contribution in [1.82, 2.24) is 4.72 Å². The molecular weight excluding hydrogens is 418 g/mol. The topological polar surface area (TPSA) is 78.5 Å². The Labute approximate surface area is 189 Å². The molecule has 0 heterocycles. The zero-order valence-electron chi connectivity index (χ0n) is 18.5. The molecule has 0 aliphatic rings. The summed E-state index contributed by atoms with van der Waals surface area (Å²) in [6.45, 7) is 2.54. The van der Waals surface area contributed by atoms with Crippen LogP contribution in [0.3, 0.4) is 0 Å². The van der Waals surface area contributed by atoms with E-state index in [2.05, 4.69) is 17.7 Å². The number of nitrogens with one attached hydrogen (secondary N) is 1. The Morgan fingerprint density at radius 3 is 2.27 bits per heavy atom. The van der Waals surface area contributed by atoms with E-state index in [1.54, 1.807) is 0 Å². The lowest BCUT2D eigenvalue weighted by Gasteiger charge is -2.19. The fourth-order valence-electron chi connectivity index (χ4n) is 3.51. The third kappa shape index (κ3) is 12.1. The summed E-state index contributed by atoms with van der Waals surface area (Å²) in [4.78, 5) is 12.3. The Kier molecular flexibility index (Phi) is 16.1. The summed E-state index contributed by atoms with van der Waals surface area (Å²) in [5.74, 6) is 0.208. The lowest BCUT2D eigenvalue weighted by molar-refractivity contribution is -0.140. The van der Waals surface area contributed by atoms with E-state index in [0.29, 0.717) is 5.75 Å². The van der Waals surface area contributed by atoms with Gasteiger partial charge in [-0.3, -0.25) is 9.00 Å². The molecule has 1 rings (SSSR count). The van der Waals surface area contributed by atoms with Crippen LogP contribution in [0.25, 0.3) is 0 Å². The molecule has 0 aromatic heterocycles. The van der Waals surface area contributed by atoms with Gasteiger partial charge in [0.25, 0.3) is 0 Å². The molecule has 5 nitrogen and oxygen atoms in total. The minimum Gasteiger partial charge on any atom is -0.760 e. The maximum absolute atomic E-state index is 12.3. The van der Waals surface area contributed by atoms with Crippen molar-refractivity contribution < 1.29 is 18.3 Å². The van der Waals surface area contributed by atoms with Crippen LogP contribution in [0.1, 0.15) is 87.5 Å². The van der Waals surface area contributed by atoms with E-state index in [9.17, 15) is 13.6 Å². The Balaban J connectivity index is 2.45. The van der Waals surface area contributed by atoms with Crippen LogP contribution in [0.4, 0.5) is 0 Å². The molecule has 7 heteroatoms. The van der Waals surface area contributed by atoms with Gasteiger partial charge in [-0.15, -0.1) is 11.8 Å². The zero-order valence-corrected chi connectivity index (χ0v) is 20.2. The molecule has 0 aliphatic carbocycles. The van der Waals surface area contributed by atoms with Gasteiger partial charge in [0.15, 0.2) is 0 Å².